The minimum atomic E-state index is -0.840. The number of aliphatic hydroxyl groups excluding tert-OH is 3. The van der Waals surface area contributed by atoms with Crippen molar-refractivity contribution >= 4 is 0 Å². The molecule has 144 valence electrons. The smallest absolute Gasteiger partial charge is 0.115 e. The molecular weight excluding hydrogens is 316 g/mol. The molecule has 4 heteroatoms. The van der Waals surface area contributed by atoms with E-state index in [1.165, 1.54) is 51.2 Å². The van der Waals surface area contributed by atoms with E-state index in [-0.39, 0.29) is 19.3 Å². The van der Waals surface area contributed by atoms with E-state index in [2.05, 4.69) is 17.9 Å². The summed E-state index contributed by atoms with van der Waals surface area (Å²) in [7, 11) is 0. The summed E-state index contributed by atoms with van der Waals surface area (Å²) >= 11 is 0. The first-order valence-corrected chi connectivity index (χ1v) is 9.56. The summed E-state index contributed by atoms with van der Waals surface area (Å²) in [6.45, 7) is 1.64. The zero-order chi connectivity index (χ0) is 18.6. The van der Waals surface area contributed by atoms with Crippen molar-refractivity contribution in [2.24, 2.45) is 0 Å². The van der Waals surface area contributed by atoms with E-state index >= 15 is 0 Å². The summed E-state index contributed by atoms with van der Waals surface area (Å²) in [5.74, 6) is 5.72. The highest BCUT2D eigenvalue weighted by atomic mass is 16.5. The molecule has 2 atom stereocenters. The van der Waals surface area contributed by atoms with Gasteiger partial charge >= 0.3 is 0 Å². The van der Waals surface area contributed by atoms with Crippen molar-refractivity contribution in [3.63, 3.8) is 0 Å². The second kappa shape index (κ2) is 19.1. The molecule has 0 heterocycles. The monoisotopic (exact) mass is 352 g/mol. The molecule has 0 saturated heterocycles. The quantitative estimate of drug-likeness (QED) is 0.239. The highest BCUT2D eigenvalue weighted by molar-refractivity contribution is 5.22. The summed E-state index contributed by atoms with van der Waals surface area (Å²) in [6, 6.07) is 0. The Morgan fingerprint density at radius 1 is 0.880 bits per heavy atom. The Kier molecular flexibility index (Phi) is 18.1. The molecule has 0 saturated carbocycles. The second-order valence-electron chi connectivity index (χ2n) is 6.42. The topological polar surface area (TPSA) is 69.9 Å². The van der Waals surface area contributed by atoms with Crippen LogP contribution in [0, 0.1) is 11.8 Å². The van der Waals surface area contributed by atoms with Crippen molar-refractivity contribution in [1.29, 1.82) is 0 Å². The number of aliphatic hydroxyl groups is 3. The van der Waals surface area contributed by atoms with Crippen LogP contribution >= 0.6 is 0 Å². The Morgan fingerprint density at radius 3 is 2.12 bits per heavy atom. The molecule has 25 heavy (non-hydrogen) atoms. The molecular formula is C21H36O4. The van der Waals surface area contributed by atoms with Gasteiger partial charge in [0.15, 0.2) is 0 Å². The van der Waals surface area contributed by atoms with E-state index in [1.54, 1.807) is 6.08 Å². The third-order valence-electron chi connectivity index (χ3n) is 3.77. The van der Waals surface area contributed by atoms with E-state index in [4.69, 9.17) is 20.1 Å². The molecule has 0 aliphatic rings. The summed E-state index contributed by atoms with van der Waals surface area (Å²) in [5, 5.41) is 26.8. The number of hydrogen-bond donors (Lipinski definition) is 3. The number of rotatable bonds is 15. The normalized spacial score (nSPS) is 13.8. The third-order valence-corrected chi connectivity index (χ3v) is 3.77. The predicted octanol–water partition coefficient (Wildman–Crippen LogP) is 3.71. The highest BCUT2D eigenvalue weighted by Crippen LogP contribution is 2.11. The largest absolute Gasteiger partial charge is 0.498 e. The average Bonchev–Trinajstić information content (AvgIpc) is 2.60. The van der Waals surface area contributed by atoms with E-state index in [9.17, 15) is 0 Å². The predicted molar refractivity (Wildman–Crippen MR) is 103 cm³/mol. The zero-order valence-corrected chi connectivity index (χ0v) is 15.7. The fourth-order valence-electron chi connectivity index (χ4n) is 2.30. The second-order valence-corrected chi connectivity index (χ2v) is 6.42. The SMILES string of the molecule is C[C@H](O)CCCCCCCCCC/C=C\C#C/C=C\OC[C@@H](O)CO. The van der Waals surface area contributed by atoms with Gasteiger partial charge in [0.2, 0.25) is 0 Å². The molecule has 0 amide bonds. The van der Waals surface area contributed by atoms with Crippen LogP contribution in [0.4, 0.5) is 0 Å². The van der Waals surface area contributed by atoms with Gasteiger partial charge in [0.05, 0.1) is 19.0 Å². The first kappa shape index (κ1) is 23.7. The Balaban J connectivity index is 3.33. The van der Waals surface area contributed by atoms with E-state index in [0.29, 0.717) is 0 Å². The lowest BCUT2D eigenvalue weighted by Gasteiger charge is -2.04. The maximum Gasteiger partial charge on any atom is 0.115 e. The molecule has 0 aromatic carbocycles. The van der Waals surface area contributed by atoms with Gasteiger partial charge in [-0.05, 0) is 32.3 Å². The van der Waals surface area contributed by atoms with Crippen molar-refractivity contribution in [2.45, 2.75) is 83.3 Å². The lowest BCUT2D eigenvalue weighted by molar-refractivity contribution is 0.0385. The van der Waals surface area contributed by atoms with E-state index in [0.717, 1.165) is 19.3 Å². The molecule has 3 N–H and O–H groups in total. The van der Waals surface area contributed by atoms with Crippen LogP contribution in [0.5, 0.6) is 0 Å². The number of allylic oxidation sites excluding steroid dienone is 3. The van der Waals surface area contributed by atoms with E-state index < -0.39 is 6.10 Å². The summed E-state index contributed by atoms with van der Waals surface area (Å²) in [6.07, 6.45) is 18.0. The standard InChI is InChI=1S/C21H36O4/c1-20(23)16-14-12-10-8-6-4-2-3-5-7-9-11-13-15-17-25-19-21(24)18-22/h7,9,15,17,20-24H,2-6,8,10,12,14,16,18-19H2,1H3/b9-7-,17-15-/t20-,21-/m0/s1. The van der Waals surface area contributed by atoms with Crippen molar-refractivity contribution in [3.05, 3.63) is 24.5 Å². The lowest BCUT2D eigenvalue weighted by atomic mass is 10.1. The van der Waals surface area contributed by atoms with Crippen LogP contribution in [0.3, 0.4) is 0 Å². The highest BCUT2D eigenvalue weighted by Gasteiger charge is 1.98. The van der Waals surface area contributed by atoms with Gasteiger partial charge in [-0.1, -0.05) is 62.9 Å². The van der Waals surface area contributed by atoms with Crippen LogP contribution in [-0.4, -0.2) is 40.7 Å². The number of unbranched alkanes of at least 4 members (excludes halogenated alkanes) is 8. The molecule has 0 aromatic rings. The minimum absolute atomic E-state index is 0.0758. The van der Waals surface area contributed by atoms with E-state index in [1.807, 2.05) is 13.0 Å². The lowest BCUT2D eigenvalue weighted by Crippen LogP contribution is -2.17. The molecule has 0 spiro atoms. The summed E-state index contributed by atoms with van der Waals surface area (Å²) in [4.78, 5) is 0. The van der Waals surface area contributed by atoms with Gasteiger partial charge < -0.3 is 20.1 Å². The van der Waals surface area contributed by atoms with Crippen molar-refractivity contribution in [1.82, 2.24) is 0 Å². The maximum absolute atomic E-state index is 9.17. The van der Waals surface area contributed by atoms with Crippen molar-refractivity contribution < 1.29 is 20.1 Å². The van der Waals surface area contributed by atoms with Gasteiger partial charge in [0.1, 0.15) is 12.7 Å². The number of ether oxygens (including phenoxy) is 1. The first-order chi connectivity index (χ1) is 12.2. The molecule has 0 aromatic heterocycles. The Hall–Kier alpha value is -1.28. The zero-order valence-electron chi connectivity index (χ0n) is 15.7. The van der Waals surface area contributed by atoms with Crippen LogP contribution in [0.1, 0.15) is 71.1 Å². The van der Waals surface area contributed by atoms with Crippen LogP contribution in [0.15, 0.2) is 24.5 Å². The fraction of sp³-hybridized carbons (Fsp3) is 0.714. The molecule has 0 fully saturated rings. The Labute approximate surface area is 153 Å². The molecule has 0 bridgehead atoms. The molecule has 0 rings (SSSR count). The molecule has 0 unspecified atom stereocenters. The molecule has 0 aliphatic carbocycles. The molecule has 0 radical (unpaired) electrons. The first-order valence-electron chi connectivity index (χ1n) is 9.56. The van der Waals surface area contributed by atoms with Crippen LogP contribution < -0.4 is 0 Å². The maximum atomic E-state index is 9.17. The van der Waals surface area contributed by atoms with Gasteiger partial charge in [-0.3, -0.25) is 0 Å². The van der Waals surface area contributed by atoms with Crippen LogP contribution in [-0.2, 0) is 4.74 Å². The van der Waals surface area contributed by atoms with Gasteiger partial charge in [-0.15, -0.1) is 0 Å². The molecule has 0 aliphatic heterocycles. The van der Waals surface area contributed by atoms with Crippen molar-refractivity contribution in [3.8, 4) is 11.8 Å². The van der Waals surface area contributed by atoms with Gasteiger partial charge in [0.25, 0.3) is 0 Å². The number of hydrogen-bond acceptors (Lipinski definition) is 4. The van der Waals surface area contributed by atoms with Crippen LogP contribution in [0.25, 0.3) is 0 Å². The van der Waals surface area contributed by atoms with Gasteiger partial charge in [-0.25, -0.2) is 0 Å². The average molecular weight is 353 g/mol. The Morgan fingerprint density at radius 2 is 1.48 bits per heavy atom. The van der Waals surface area contributed by atoms with Gasteiger partial charge in [0, 0.05) is 6.08 Å². The molecule has 4 nitrogen and oxygen atoms in total. The van der Waals surface area contributed by atoms with Crippen LogP contribution in [0.2, 0.25) is 0 Å². The fourth-order valence-corrected chi connectivity index (χ4v) is 2.30. The summed E-state index contributed by atoms with van der Waals surface area (Å²) in [5.41, 5.74) is 0. The minimum Gasteiger partial charge on any atom is -0.498 e. The van der Waals surface area contributed by atoms with Crippen molar-refractivity contribution in [2.75, 3.05) is 13.2 Å². The Bertz CT molecular complexity index is 390. The third kappa shape index (κ3) is 20.7. The van der Waals surface area contributed by atoms with Gasteiger partial charge in [-0.2, -0.15) is 0 Å². The summed E-state index contributed by atoms with van der Waals surface area (Å²) < 4.78 is 4.98.